The van der Waals surface area contributed by atoms with E-state index >= 15 is 0 Å². The van der Waals surface area contributed by atoms with Crippen molar-refractivity contribution in [2.45, 2.75) is 6.92 Å². The van der Waals surface area contributed by atoms with Crippen LogP contribution in [-0.2, 0) is 0 Å². The molecule has 0 aliphatic rings. The van der Waals surface area contributed by atoms with Gasteiger partial charge in [0.2, 0.25) is 0 Å². The van der Waals surface area contributed by atoms with Gasteiger partial charge in [-0.2, -0.15) is 0 Å². The molecule has 9 heavy (non-hydrogen) atoms. The van der Waals surface area contributed by atoms with Gasteiger partial charge >= 0.3 is 29.6 Å². The SMILES string of the molecule is Cc1cccc(F)c1.[H-].[Na+]. The van der Waals surface area contributed by atoms with Gasteiger partial charge in [0.25, 0.3) is 0 Å². The zero-order chi connectivity index (χ0) is 5.98. The van der Waals surface area contributed by atoms with Gasteiger partial charge < -0.3 is 1.43 Å². The number of benzene rings is 1. The molecule has 1 aromatic carbocycles. The van der Waals surface area contributed by atoms with E-state index in [1.54, 1.807) is 6.07 Å². The Bertz CT molecular complexity index is 173. The summed E-state index contributed by atoms with van der Waals surface area (Å²) in [4.78, 5) is 0. The fraction of sp³-hybridized carbons (Fsp3) is 0.143. The predicted octanol–water partition coefficient (Wildman–Crippen LogP) is -0.749. The molecule has 0 fully saturated rings. The molecule has 0 aromatic heterocycles. The molecule has 0 spiro atoms. The van der Waals surface area contributed by atoms with Crippen molar-refractivity contribution in [3.05, 3.63) is 35.6 Å². The van der Waals surface area contributed by atoms with Crippen molar-refractivity contribution < 1.29 is 35.4 Å². The Kier molecular flexibility index (Phi) is 4.11. The van der Waals surface area contributed by atoms with Crippen LogP contribution >= 0.6 is 0 Å². The summed E-state index contributed by atoms with van der Waals surface area (Å²) < 4.78 is 12.2. The van der Waals surface area contributed by atoms with E-state index in [9.17, 15) is 4.39 Å². The first-order chi connectivity index (χ1) is 3.79. The van der Waals surface area contributed by atoms with Crippen LogP contribution in [0.15, 0.2) is 24.3 Å². The van der Waals surface area contributed by atoms with Gasteiger partial charge in [-0.05, 0) is 24.6 Å². The minimum atomic E-state index is -0.162. The fourth-order valence-electron chi connectivity index (χ4n) is 0.606. The molecule has 2 heteroatoms. The average Bonchev–Trinajstić information content (AvgIpc) is 1.64. The second-order valence-corrected chi connectivity index (χ2v) is 1.80. The fourth-order valence-corrected chi connectivity index (χ4v) is 0.606. The second-order valence-electron chi connectivity index (χ2n) is 1.80. The van der Waals surface area contributed by atoms with Crippen molar-refractivity contribution in [3.63, 3.8) is 0 Å². The van der Waals surface area contributed by atoms with Crippen LogP contribution in [0.4, 0.5) is 4.39 Å². The molecule has 0 aliphatic carbocycles. The van der Waals surface area contributed by atoms with Crippen molar-refractivity contribution in [1.29, 1.82) is 0 Å². The Labute approximate surface area is 77.9 Å². The molecule has 0 aliphatic heterocycles. The maximum absolute atomic E-state index is 12.2. The molecule has 0 heterocycles. The standard InChI is InChI=1S/C7H7F.Na.H/c1-6-3-2-4-7(8)5-6;;/h2-5H,1H3;;/q;+1;-1. The average molecular weight is 134 g/mol. The smallest absolute Gasteiger partial charge is 1.00 e. The molecule has 0 bridgehead atoms. The number of rotatable bonds is 0. The van der Waals surface area contributed by atoms with Crippen molar-refractivity contribution >= 4 is 0 Å². The van der Waals surface area contributed by atoms with Crippen molar-refractivity contribution in [2.75, 3.05) is 0 Å². The van der Waals surface area contributed by atoms with E-state index in [-0.39, 0.29) is 36.8 Å². The maximum Gasteiger partial charge on any atom is 1.00 e. The Hall–Kier alpha value is 0.150. The first kappa shape index (κ1) is 9.15. The first-order valence-corrected chi connectivity index (χ1v) is 2.51. The minimum Gasteiger partial charge on any atom is -1.00 e. The van der Waals surface area contributed by atoms with Crippen LogP contribution in [0.1, 0.15) is 6.99 Å². The van der Waals surface area contributed by atoms with Gasteiger partial charge in [0.15, 0.2) is 0 Å². The van der Waals surface area contributed by atoms with E-state index in [1.807, 2.05) is 13.0 Å². The summed E-state index contributed by atoms with van der Waals surface area (Å²) in [7, 11) is 0. The van der Waals surface area contributed by atoms with Gasteiger partial charge in [-0.1, -0.05) is 12.1 Å². The molecule has 0 atom stereocenters. The van der Waals surface area contributed by atoms with Crippen LogP contribution in [0, 0.1) is 12.7 Å². The van der Waals surface area contributed by atoms with Gasteiger partial charge in [-0.15, -0.1) is 0 Å². The van der Waals surface area contributed by atoms with E-state index in [1.165, 1.54) is 12.1 Å². The summed E-state index contributed by atoms with van der Waals surface area (Å²) >= 11 is 0. The second kappa shape index (κ2) is 4.04. The molecule has 0 N–H and O–H groups in total. The summed E-state index contributed by atoms with van der Waals surface area (Å²) in [5.74, 6) is -0.162. The molecular formula is C7H8FNa. The third kappa shape index (κ3) is 2.99. The topological polar surface area (TPSA) is 0 Å². The summed E-state index contributed by atoms with van der Waals surface area (Å²) in [6.07, 6.45) is 0. The monoisotopic (exact) mass is 134 g/mol. The molecule has 0 saturated carbocycles. The van der Waals surface area contributed by atoms with Gasteiger partial charge in [0, 0.05) is 0 Å². The summed E-state index contributed by atoms with van der Waals surface area (Å²) in [6.45, 7) is 1.86. The number of aryl methyl sites for hydroxylation is 1. The summed E-state index contributed by atoms with van der Waals surface area (Å²) in [5, 5.41) is 0. The molecule has 0 amide bonds. The van der Waals surface area contributed by atoms with Crippen LogP contribution in [0.5, 0.6) is 0 Å². The molecule has 1 aromatic rings. The zero-order valence-corrected chi connectivity index (χ0v) is 7.69. The van der Waals surface area contributed by atoms with E-state index in [4.69, 9.17) is 0 Å². The quantitative estimate of drug-likeness (QED) is 0.409. The van der Waals surface area contributed by atoms with Crippen LogP contribution < -0.4 is 29.6 Å². The number of halogens is 1. The van der Waals surface area contributed by atoms with Gasteiger partial charge in [-0.3, -0.25) is 0 Å². The van der Waals surface area contributed by atoms with Crippen LogP contribution in [0.2, 0.25) is 0 Å². The van der Waals surface area contributed by atoms with Crippen LogP contribution in [0.25, 0.3) is 0 Å². The Morgan fingerprint density at radius 2 is 2.11 bits per heavy atom. The predicted molar refractivity (Wildman–Crippen MR) is 32.2 cm³/mol. The minimum absolute atomic E-state index is 0. The molecule has 44 valence electrons. The molecule has 0 nitrogen and oxygen atoms in total. The molecule has 1 rings (SSSR count). The third-order valence-electron chi connectivity index (χ3n) is 0.980. The van der Waals surface area contributed by atoms with E-state index in [2.05, 4.69) is 0 Å². The Balaban J connectivity index is 0. The van der Waals surface area contributed by atoms with Gasteiger partial charge in [-0.25, -0.2) is 4.39 Å². The molecule has 0 saturated heterocycles. The Morgan fingerprint density at radius 1 is 1.44 bits per heavy atom. The third-order valence-corrected chi connectivity index (χ3v) is 0.980. The Morgan fingerprint density at radius 3 is 2.44 bits per heavy atom. The zero-order valence-electron chi connectivity index (χ0n) is 6.69. The van der Waals surface area contributed by atoms with Gasteiger partial charge in [0.1, 0.15) is 5.82 Å². The number of hydrogen-bond donors (Lipinski definition) is 0. The van der Waals surface area contributed by atoms with Gasteiger partial charge in [0.05, 0.1) is 0 Å². The van der Waals surface area contributed by atoms with Crippen molar-refractivity contribution in [1.82, 2.24) is 0 Å². The maximum atomic E-state index is 12.2. The first-order valence-electron chi connectivity index (χ1n) is 2.51. The van der Waals surface area contributed by atoms with E-state index < -0.39 is 0 Å². The molecule has 0 radical (unpaired) electrons. The van der Waals surface area contributed by atoms with E-state index in [0.29, 0.717) is 0 Å². The summed E-state index contributed by atoms with van der Waals surface area (Å²) in [6, 6.07) is 6.50. The van der Waals surface area contributed by atoms with E-state index in [0.717, 1.165) is 5.56 Å². The molecular weight excluding hydrogens is 126 g/mol. The number of hydrogen-bond acceptors (Lipinski definition) is 0. The summed E-state index contributed by atoms with van der Waals surface area (Å²) in [5.41, 5.74) is 0.963. The van der Waals surface area contributed by atoms with Crippen molar-refractivity contribution in [3.8, 4) is 0 Å². The van der Waals surface area contributed by atoms with Crippen LogP contribution in [-0.4, -0.2) is 0 Å². The largest absolute Gasteiger partial charge is 1.00 e. The van der Waals surface area contributed by atoms with Crippen LogP contribution in [0.3, 0.4) is 0 Å². The van der Waals surface area contributed by atoms with Crippen molar-refractivity contribution in [2.24, 2.45) is 0 Å². The normalized spacial score (nSPS) is 8.22. The molecule has 0 unspecified atom stereocenters.